The Morgan fingerprint density at radius 1 is 1.36 bits per heavy atom. The standard InChI is InChI=1S/C14H15BrN2O3S2/c1-10-3-2-4-13(16-10)20-11-7-8-17(9-11)22(18,19)14-6-5-12(15)21-14/h2-6,11H,7-9H2,1H3. The Bertz CT molecular complexity index is 776. The summed E-state index contributed by atoms with van der Waals surface area (Å²) in [6.07, 6.45) is 0.508. The highest BCUT2D eigenvalue weighted by Gasteiger charge is 2.34. The predicted molar refractivity (Wildman–Crippen MR) is 88.8 cm³/mol. The molecule has 3 heterocycles. The molecule has 1 aliphatic rings. The van der Waals surface area contributed by atoms with Gasteiger partial charge in [-0.05, 0) is 47.5 Å². The Hall–Kier alpha value is -0.960. The average Bonchev–Trinajstić information content (AvgIpc) is 3.08. The molecule has 1 atom stereocenters. The van der Waals surface area contributed by atoms with Crippen molar-refractivity contribution in [2.75, 3.05) is 13.1 Å². The molecule has 0 radical (unpaired) electrons. The van der Waals surface area contributed by atoms with Crippen molar-refractivity contribution < 1.29 is 13.2 Å². The van der Waals surface area contributed by atoms with E-state index in [1.807, 2.05) is 19.1 Å². The molecule has 0 aromatic carbocycles. The Kier molecular flexibility index (Phi) is 4.54. The van der Waals surface area contributed by atoms with Crippen molar-refractivity contribution >= 4 is 37.3 Å². The minimum absolute atomic E-state index is 0.160. The van der Waals surface area contributed by atoms with Gasteiger partial charge in [-0.1, -0.05) is 6.07 Å². The van der Waals surface area contributed by atoms with Gasteiger partial charge in [0, 0.05) is 18.3 Å². The van der Waals surface area contributed by atoms with E-state index in [0.29, 0.717) is 29.6 Å². The van der Waals surface area contributed by atoms with Crippen molar-refractivity contribution in [3.8, 4) is 5.88 Å². The number of ether oxygens (including phenoxy) is 1. The highest BCUT2D eigenvalue weighted by molar-refractivity contribution is 9.11. The van der Waals surface area contributed by atoms with E-state index in [9.17, 15) is 8.42 Å². The smallest absolute Gasteiger partial charge is 0.252 e. The summed E-state index contributed by atoms with van der Waals surface area (Å²) >= 11 is 4.52. The fourth-order valence-corrected chi connectivity index (χ4v) is 5.98. The van der Waals surface area contributed by atoms with E-state index in [1.54, 1.807) is 18.2 Å². The summed E-state index contributed by atoms with van der Waals surface area (Å²) in [7, 11) is -3.43. The molecule has 0 aliphatic carbocycles. The third-order valence-electron chi connectivity index (χ3n) is 3.40. The van der Waals surface area contributed by atoms with Gasteiger partial charge in [-0.3, -0.25) is 0 Å². The maximum absolute atomic E-state index is 12.5. The van der Waals surface area contributed by atoms with Crippen LogP contribution in [-0.4, -0.2) is 36.9 Å². The van der Waals surface area contributed by atoms with Crippen molar-refractivity contribution in [1.82, 2.24) is 9.29 Å². The third-order valence-corrected chi connectivity index (χ3v) is 7.36. The number of nitrogens with zero attached hydrogens (tertiary/aromatic N) is 2. The molecule has 1 saturated heterocycles. The molecule has 1 unspecified atom stereocenters. The van der Waals surface area contributed by atoms with E-state index in [1.165, 1.54) is 15.6 Å². The number of hydrogen-bond acceptors (Lipinski definition) is 5. The van der Waals surface area contributed by atoms with E-state index < -0.39 is 10.0 Å². The maximum Gasteiger partial charge on any atom is 0.252 e. The zero-order chi connectivity index (χ0) is 15.7. The summed E-state index contributed by atoms with van der Waals surface area (Å²) < 4.78 is 33.5. The van der Waals surface area contributed by atoms with E-state index >= 15 is 0 Å². The molecule has 2 aromatic heterocycles. The van der Waals surface area contributed by atoms with Gasteiger partial charge in [-0.15, -0.1) is 11.3 Å². The molecule has 5 nitrogen and oxygen atoms in total. The maximum atomic E-state index is 12.5. The fourth-order valence-electron chi connectivity index (χ4n) is 2.33. The van der Waals surface area contributed by atoms with Crippen LogP contribution in [0, 0.1) is 6.92 Å². The average molecular weight is 403 g/mol. The summed E-state index contributed by atoms with van der Waals surface area (Å²) in [5, 5.41) is 0. The minimum atomic E-state index is -3.43. The molecule has 2 aromatic rings. The molecule has 8 heteroatoms. The van der Waals surface area contributed by atoms with Gasteiger partial charge in [0.1, 0.15) is 10.3 Å². The Morgan fingerprint density at radius 2 is 2.18 bits per heavy atom. The number of rotatable bonds is 4. The van der Waals surface area contributed by atoms with Crippen molar-refractivity contribution in [2.24, 2.45) is 0 Å². The number of hydrogen-bond donors (Lipinski definition) is 0. The van der Waals surface area contributed by atoms with Crippen LogP contribution in [0.25, 0.3) is 0 Å². The van der Waals surface area contributed by atoms with E-state index in [0.717, 1.165) is 9.48 Å². The molecule has 0 bridgehead atoms. The number of pyridine rings is 1. The number of thiophene rings is 1. The van der Waals surface area contributed by atoms with Gasteiger partial charge in [0.05, 0.1) is 10.3 Å². The first-order valence-electron chi connectivity index (χ1n) is 6.81. The zero-order valence-corrected chi connectivity index (χ0v) is 15.1. The lowest BCUT2D eigenvalue weighted by Crippen LogP contribution is -2.30. The molecule has 0 saturated carbocycles. The van der Waals surface area contributed by atoms with Crippen molar-refractivity contribution in [3.63, 3.8) is 0 Å². The van der Waals surface area contributed by atoms with Crippen LogP contribution in [0.15, 0.2) is 38.3 Å². The van der Waals surface area contributed by atoms with Crippen LogP contribution in [0.3, 0.4) is 0 Å². The molecular weight excluding hydrogens is 388 g/mol. The number of aromatic nitrogens is 1. The Labute approximate surface area is 142 Å². The minimum Gasteiger partial charge on any atom is -0.473 e. The lowest BCUT2D eigenvalue weighted by atomic mass is 10.3. The molecule has 22 heavy (non-hydrogen) atoms. The highest BCUT2D eigenvalue weighted by Crippen LogP contribution is 2.30. The van der Waals surface area contributed by atoms with Gasteiger partial charge in [0.2, 0.25) is 5.88 Å². The normalized spacial score (nSPS) is 19.5. The number of aryl methyl sites for hydroxylation is 1. The quantitative estimate of drug-likeness (QED) is 0.788. The summed E-state index contributed by atoms with van der Waals surface area (Å²) in [6.45, 7) is 2.72. The lowest BCUT2D eigenvalue weighted by Gasteiger charge is -2.16. The molecule has 1 aliphatic heterocycles. The van der Waals surface area contributed by atoms with Crippen molar-refractivity contribution in [2.45, 2.75) is 23.7 Å². The molecule has 1 fully saturated rings. The van der Waals surface area contributed by atoms with E-state index in [4.69, 9.17) is 4.74 Å². The second-order valence-electron chi connectivity index (χ2n) is 5.07. The fraction of sp³-hybridized carbons (Fsp3) is 0.357. The van der Waals surface area contributed by atoms with Gasteiger partial charge < -0.3 is 4.74 Å². The first-order chi connectivity index (χ1) is 10.4. The SMILES string of the molecule is Cc1cccc(OC2CCN(S(=O)(=O)c3ccc(Br)s3)C2)n1. The van der Waals surface area contributed by atoms with Crippen LogP contribution in [-0.2, 0) is 10.0 Å². The Balaban J connectivity index is 1.69. The first kappa shape index (κ1) is 15.9. The van der Waals surface area contributed by atoms with E-state index in [-0.39, 0.29) is 6.10 Å². The predicted octanol–water partition coefficient (Wildman–Crippen LogP) is 3.06. The van der Waals surface area contributed by atoms with Gasteiger partial charge in [0.15, 0.2) is 0 Å². The van der Waals surface area contributed by atoms with E-state index in [2.05, 4.69) is 20.9 Å². The molecule has 0 amide bonds. The molecule has 0 N–H and O–H groups in total. The second-order valence-corrected chi connectivity index (χ2v) is 9.70. The summed E-state index contributed by atoms with van der Waals surface area (Å²) in [5.41, 5.74) is 0.878. The Morgan fingerprint density at radius 3 is 2.86 bits per heavy atom. The van der Waals surface area contributed by atoms with Crippen molar-refractivity contribution in [3.05, 3.63) is 39.8 Å². The monoisotopic (exact) mass is 402 g/mol. The number of sulfonamides is 1. The zero-order valence-electron chi connectivity index (χ0n) is 11.9. The number of halogens is 1. The molecule has 118 valence electrons. The van der Waals surface area contributed by atoms with Crippen LogP contribution in [0.4, 0.5) is 0 Å². The van der Waals surface area contributed by atoms with Gasteiger partial charge in [0.25, 0.3) is 10.0 Å². The lowest BCUT2D eigenvalue weighted by molar-refractivity contribution is 0.206. The summed E-state index contributed by atoms with van der Waals surface area (Å²) in [4.78, 5) is 4.29. The highest BCUT2D eigenvalue weighted by atomic mass is 79.9. The largest absolute Gasteiger partial charge is 0.473 e. The van der Waals surface area contributed by atoms with Crippen LogP contribution < -0.4 is 4.74 Å². The topological polar surface area (TPSA) is 59.5 Å². The summed E-state index contributed by atoms with van der Waals surface area (Å²) in [5.74, 6) is 0.545. The molecule has 3 rings (SSSR count). The molecular formula is C14H15BrN2O3S2. The third kappa shape index (κ3) is 3.34. The van der Waals surface area contributed by atoms with Gasteiger partial charge in [-0.25, -0.2) is 13.4 Å². The molecule has 0 spiro atoms. The van der Waals surface area contributed by atoms with Crippen LogP contribution in [0.1, 0.15) is 12.1 Å². The van der Waals surface area contributed by atoms with Crippen LogP contribution in [0.2, 0.25) is 0 Å². The van der Waals surface area contributed by atoms with Crippen LogP contribution >= 0.6 is 27.3 Å². The second kappa shape index (κ2) is 6.27. The van der Waals surface area contributed by atoms with Crippen LogP contribution in [0.5, 0.6) is 5.88 Å². The van der Waals surface area contributed by atoms with Gasteiger partial charge in [-0.2, -0.15) is 4.31 Å². The first-order valence-corrected chi connectivity index (χ1v) is 9.86. The van der Waals surface area contributed by atoms with Gasteiger partial charge >= 0.3 is 0 Å². The summed E-state index contributed by atoms with van der Waals surface area (Å²) in [6, 6.07) is 8.94. The van der Waals surface area contributed by atoms with Crippen molar-refractivity contribution in [1.29, 1.82) is 0 Å².